The largest absolute Gasteiger partial charge is 0.384 e. The van der Waals surface area contributed by atoms with Crippen molar-refractivity contribution in [2.75, 3.05) is 17.7 Å². The molecule has 1 aromatic carbocycles. The molecule has 2 aromatic heterocycles. The van der Waals surface area contributed by atoms with Gasteiger partial charge in [-0.25, -0.2) is 22.9 Å². The molecule has 38 heavy (non-hydrogen) atoms. The molecule has 13 heteroatoms. The van der Waals surface area contributed by atoms with E-state index in [2.05, 4.69) is 15.4 Å². The number of nitrogens with one attached hydrogen (secondary N) is 1. The van der Waals surface area contributed by atoms with Gasteiger partial charge >= 0.3 is 6.03 Å². The Labute approximate surface area is 216 Å². The van der Waals surface area contributed by atoms with Gasteiger partial charge in [0, 0.05) is 26.5 Å². The summed E-state index contributed by atoms with van der Waals surface area (Å²) in [6.45, 7) is 1.64. The Bertz CT molecular complexity index is 1370. The first kappa shape index (κ1) is 26.6. The predicted octanol–water partition coefficient (Wildman–Crippen LogP) is 2.71. The van der Waals surface area contributed by atoms with Crippen molar-refractivity contribution in [3.8, 4) is 0 Å². The Balaban J connectivity index is 1.61. The lowest BCUT2D eigenvalue weighted by Crippen LogP contribution is -2.70. The topological polar surface area (TPSA) is 126 Å². The first-order valence-corrected chi connectivity index (χ1v) is 11.8. The minimum absolute atomic E-state index is 0.0237. The second-order valence-corrected chi connectivity index (χ2v) is 9.03. The number of hydrogen-bond acceptors (Lipinski definition) is 6. The first-order chi connectivity index (χ1) is 18.0. The molecule has 4 rings (SSSR count). The Morgan fingerprint density at radius 2 is 1.89 bits per heavy atom. The van der Waals surface area contributed by atoms with Gasteiger partial charge < -0.3 is 16.0 Å². The number of imide groups is 1. The number of benzene rings is 1. The van der Waals surface area contributed by atoms with E-state index in [1.165, 1.54) is 29.0 Å². The lowest BCUT2D eigenvalue weighted by Gasteiger charge is -2.46. The van der Waals surface area contributed by atoms with Crippen LogP contribution < -0.4 is 16.0 Å². The van der Waals surface area contributed by atoms with Crippen LogP contribution in [0, 0.1) is 23.4 Å². The van der Waals surface area contributed by atoms with E-state index in [-0.39, 0.29) is 24.2 Å². The number of aromatic nitrogens is 3. The highest BCUT2D eigenvalue weighted by Gasteiger charge is 2.55. The van der Waals surface area contributed by atoms with Crippen molar-refractivity contribution >= 4 is 29.4 Å². The van der Waals surface area contributed by atoms with Crippen molar-refractivity contribution in [1.82, 2.24) is 25.0 Å². The van der Waals surface area contributed by atoms with Gasteiger partial charge in [-0.3, -0.25) is 19.2 Å². The third-order valence-electron chi connectivity index (χ3n) is 6.51. The lowest BCUT2D eigenvalue weighted by atomic mass is 9.81. The van der Waals surface area contributed by atoms with Gasteiger partial charge in [0.25, 0.3) is 5.91 Å². The van der Waals surface area contributed by atoms with Crippen LogP contribution >= 0.6 is 0 Å². The molecule has 3 heterocycles. The highest BCUT2D eigenvalue weighted by atomic mass is 19.2. The van der Waals surface area contributed by atoms with Crippen molar-refractivity contribution < 1.29 is 27.6 Å². The summed E-state index contributed by atoms with van der Waals surface area (Å²) in [5.74, 6) is -6.23. The number of halogens is 3. The minimum atomic E-state index is -1.63. The van der Waals surface area contributed by atoms with Crippen molar-refractivity contribution in [2.24, 2.45) is 13.0 Å². The third-order valence-corrected chi connectivity index (χ3v) is 6.51. The Morgan fingerprint density at radius 3 is 2.47 bits per heavy atom. The number of aryl methyl sites for hydroxylation is 1. The number of pyridine rings is 1. The molecular weight excluding hydrogens is 503 g/mol. The quantitative estimate of drug-likeness (QED) is 0.358. The fourth-order valence-corrected chi connectivity index (χ4v) is 4.45. The van der Waals surface area contributed by atoms with Gasteiger partial charge in [0.15, 0.2) is 17.5 Å². The highest BCUT2D eigenvalue weighted by Crippen LogP contribution is 2.33. The molecular formula is C25H26F3N7O3. The minimum Gasteiger partial charge on any atom is -0.384 e. The molecule has 1 unspecified atom stereocenters. The van der Waals surface area contributed by atoms with Crippen LogP contribution in [0.3, 0.4) is 0 Å². The molecule has 3 aromatic rings. The Morgan fingerprint density at radius 1 is 1.21 bits per heavy atom. The summed E-state index contributed by atoms with van der Waals surface area (Å²) in [5, 5.41) is 6.59. The summed E-state index contributed by atoms with van der Waals surface area (Å²) in [5.41, 5.74) is 6.83. The fraction of sp³-hybridized carbons (Fsp3) is 0.320. The Kier molecular flexibility index (Phi) is 7.37. The maximum atomic E-state index is 13.8. The molecule has 10 nitrogen and oxygen atoms in total. The van der Waals surface area contributed by atoms with Gasteiger partial charge in [0.1, 0.15) is 11.9 Å². The van der Waals surface area contributed by atoms with E-state index >= 15 is 0 Å². The molecule has 0 aliphatic carbocycles. The zero-order valence-corrected chi connectivity index (χ0v) is 20.9. The second-order valence-electron chi connectivity index (χ2n) is 9.03. The Hall–Kier alpha value is -4.42. The molecule has 4 amide bonds. The van der Waals surface area contributed by atoms with Crippen molar-refractivity contribution in [3.63, 3.8) is 0 Å². The van der Waals surface area contributed by atoms with E-state index in [4.69, 9.17) is 5.73 Å². The summed E-state index contributed by atoms with van der Waals surface area (Å²) < 4.78 is 42.6. The summed E-state index contributed by atoms with van der Waals surface area (Å²) in [7, 11) is 3.18. The van der Waals surface area contributed by atoms with Crippen LogP contribution in [0.2, 0.25) is 0 Å². The number of likely N-dealkylation sites (tertiary alicyclic amines) is 1. The number of carbonyl (C=O) groups excluding carboxylic acids is 3. The number of amides is 4. The van der Waals surface area contributed by atoms with E-state index in [0.717, 1.165) is 17.0 Å². The normalized spacial score (nSPS) is 17.6. The summed E-state index contributed by atoms with van der Waals surface area (Å²) in [6, 6.07) is 1.74. The number of nitrogens with zero attached hydrogens (tertiary/aromatic N) is 5. The van der Waals surface area contributed by atoms with Gasteiger partial charge in [-0.15, -0.1) is 0 Å². The number of anilines is 2. The first-order valence-electron chi connectivity index (χ1n) is 11.8. The van der Waals surface area contributed by atoms with Gasteiger partial charge in [-0.1, -0.05) is 6.92 Å². The van der Waals surface area contributed by atoms with Crippen LogP contribution in [0.4, 0.5) is 29.5 Å². The van der Waals surface area contributed by atoms with E-state index in [0.29, 0.717) is 11.3 Å². The standard InChI is InChI=1S/C25H26F3N7O3/c1-4-19(14-9-17(26)21(28)18(27)10-14)32-25(38)35-22(24(37)34(3)15-11-31-33(2)12-15)16(23(35)36)7-13-5-6-30-20(29)8-13/h5-6,8-12,16,19,22H,4,7H2,1-3H3,(H2,29,30)(H,32,38)/t16-,19?,22+/m1/s1. The van der Waals surface area contributed by atoms with E-state index in [1.807, 2.05) is 0 Å². The van der Waals surface area contributed by atoms with Gasteiger partial charge in [0.05, 0.1) is 23.8 Å². The average molecular weight is 530 g/mol. The van der Waals surface area contributed by atoms with Crippen LogP contribution in [0.1, 0.15) is 30.5 Å². The molecule has 200 valence electrons. The smallest absolute Gasteiger partial charge is 0.325 e. The van der Waals surface area contributed by atoms with Crippen LogP contribution in [-0.4, -0.2) is 50.6 Å². The molecule has 0 bridgehead atoms. The van der Waals surface area contributed by atoms with Crippen molar-refractivity contribution in [3.05, 3.63) is 71.4 Å². The molecule has 3 N–H and O–H groups in total. The number of carbonyl (C=O) groups is 3. The third kappa shape index (κ3) is 5.04. The van der Waals surface area contributed by atoms with Crippen LogP contribution in [-0.2, 0) is 23.1 Å². The average Bonchev–Trinajstić information content (AvgIpc) is 3.32. The van der Waals surface area contributed by atoms with Gasteiger partial charge in [0.2, 0.25) is 5.91 Å². The van der Waals surface area contributed by atoms with Crippen LogP contribution in [0.25, 0.3) is 0 Å². The number of rotatable bonds is 7. The van der Waals surface area contributed by atoms with E-state index in [1.54, 1.807) is 32.3 Å². The number of β-lactam (4-membered cyclic amide) rings is 1. The zero-order valence-electron chi connectivity index (χ0n) is 20.9. The number of urea groups is 1. The highest BCUT2D eigenvalue weighted by molar-refractivity contribution is 6.12. The molecule has 1 aliphatic rings. The number of hydrogen-bond donors (Lipinski definition) is 2. The summed E-state index contributed by atoms with van der Waals surface area (Å²) in [4.78, 5) is 46.0. The van der Waals surface area contributed by atoms with Gasteiger partial charge in [-0.05, 0) is 48.2 Å². The SMILES string of the molecule is CCC(NC(=O)N1C(=O)[C@H](Cc2ccnc(N)c2)[C@H]1C(=O)N(C)c1cnn(C)c1)c1cc(F)c(F)c(F)c1. The molecule has 1 fully saturated rings. The fourth-order valence-electron chi connectivity index (χ4n) is 4.45. The number of likely N-dealkylation sites (N-methyl/N-ethyl adjacent to an activating group) is 1. The van der Waals surface area contributed by atoms with Crippen molar-refractivity contribution in [2.45, 2.75) is 31.8 Å². The zero-order chi connectivity index (χ0) is 27.7. The molecule has 0 spiro atoms. The van der Waals surface area contributed by atoms with Crippen LogP contribution in [0.5, 0.6) is 0 Å². The molecule has 0 saturated carbocycles. The van der Waals surface area contributed by atoms with Gasteiger partial charge in [-0.2, -0.15) is 5.10 Å². The number of nitrogen functional groups attached to an aromatic ring is 1. The summed E-state index contributed by atoms with van der Waals surface area (Å²) >= 11 is 0. The molecule has 0 radical (unpaired) electrons. The molecule has 3 atom stereocenters. The van der Waals surface area contributed by atoms with E-state index < -0.39 is 53.3 Å². The van der Waals surface area contributed by atoms with Crippen molar-refractivity contribution in [1.29, 1.82) is 0 Å². The summed E-state index contributed by atoms with van der Waals surface area (Å²) in [6.07, 6.45) is 4.84. The maximum Gasteiger partial charge on any atom is 0.325 e. The van der Waals surface area contributed by atoms with E-state index in [9.17, 15) is 27.6 Å². The maximum absolute atomic E-state index is 13.8. The number of nitrogens with two attached hydrogens (primary N) is 1. The molecule has 1 aliphatic heterocycles. The lowest BCUT2D eigenvalue weighted by molar-refractivity contribution is -0.156. The molecule has 1 saturated heterocycles. The predicted molar refractivity (Wildman–Crippen MR) is 131 cm³/mol. The monoisotopic (exact) mass is 529 g/mol. The second kappa shape index (κ2) is 10.5. The van der Waals surface area contributed by atoms with Crippen LogP contribution in [0.15, 0.2) is 42.9 Å².